The molecular formula is C19H21N3O3. The highest BCUT2D eigenvalue weighted by Gasteiger charge is 2.26. The Morgan fingerprint density at radius 3 is 2.32 bits per heavy atom. The first kappa shape index (κ1) is 17.0. The molecule has 1 saturated heterocycles. The lowest BCUT2D eigenvalue weighted by molar-refractivity contribution is -0.131. The molecule has 6 nitrogen and oxygen atoms in total. The molecule has 3 rings (SSSR count). The zero-order valence-corrected chi connectivity index (χ0v) is 14.2. The van der Waals surface area contributed by atoms with E-state index in [-0.39, 0.29) is 23.3 Å². The Labute approximate surface area is 146 Å². The first-order chi connectivity index (χ1) is 12.0. The Kier molecular flexibility index (Phi) is 4.97. The van der Waals surface area contributed by atoms with Crippen LogP contribution in [-0.4, -0.2) is 57.9 Å². The minimum Gasteiger partial charge on any atom is -0.505 e. The molecule has 0 aliphatic carbocycles. The summed E-state index contributed by atoms with van der Waals surface area (Å²) in [4.78, 5) is 32.2. The van der Waals surface area contributed by atoms with E-state index < -0.39 is 0 Å². The van der Waals surface area contributed by atoms with Crippen molar-refractivity contribution in [3.05, 3.63) is 59.4 Å². The standard InChI is InChI=1S/C19H21N3O3/c1-14-4-6-15(7-5-14)13-17(24)21-9-11-22(12-10-21)19(25)18-16(23)3-2-8-20-18/h2-8,23H,9-13H2,1H3. The van der Waals surface area contributed by atoms with Crippen LogP contribution in [0.15, 0.2) is 42.6 Å². The molecule has 6 heteroatoms. The van der Waals surface area contributed by atoms with Gasteiger partial charge in [0.2, 0.25) is 5.91 Å². The maximum absolute atomic E-state index is 12.4. The third-order valence-corrected chi connectivity index (χ3v) is 4.38. The molecule has 25 heavy (non-hydrogen) atoms. The molecule has 1 aliphatic heterocycles. The van der Waals surface area contributed by atoms with E-state index in [0.29, 0.717) is 32.6 Å². The third kappa shape index (κ3) is 3.96. The summed E-state index contributed by atoms with van der Waals surface area (Å²) in [5.41, 5.74) is 2.22. The Morgan fingerprint density at radius 1 is 1.04 bits per heavy atom. The highest BCUT2D eigenvalue weighted by atomic mass is 16.3. The second-order valence-electron chi connectivity index (χ2n) is 6.21. The summed E-state index contributed by atoms with van der Waals surface area (Å²) in [7, 11) is 0. The maximum Gasteiger partial charge on any atom is 0.276 e. The lowest BCUT2D eigenvalue weighted by Gasteiger charge is -2.34. The molecule has 0 unspecified atom stereocenters. The molecule has 2 amide bonds. The molecule has 1 aromatic carbocycles. The molecule has 1 aromatic heterocycles. The molecule has 1 fully saturated rings. The van der Waals surface area contributed by atoms with Crippen molar-refractivity contribution in [2.24, 2.45) is 0 Å². The van der Waals surface area contributed by atoms with Crippen molar-refractivity contribution in [1.29, 1.82) is 0 Å². The lowest BCUT2D eigenvalue weighted by atomic mass is 10.1. The van der Waals surface area contributed by atoms with E-state index in [1.165, 1.54) is 17.8 Å². The van der Waals surface area contributed by atoms with Crippen molar-refractivity contribution in [2.75, 3.05) is 26.2 Å². The van der Waals surface area contributed by atoms with Gasteiger partial charge in [0.1, 0.15) is 5.75 Å². The first-order valence-electron chi connectivity index (χ1n) is 8.31. The van der Waals surface area contributed by atoms with Gasteiger partial charge < -0.3 is 14.9 Å². The summed E-state index contributed by atoms with van der Waals surface area (Å²) >= 11 is 0. The van der Waals surface area contributed by atoms with Crippen molar-refractivity contribution < 1.29 is 14.7 Å². The number of hydrogen-bond acceptors (Lipinski definition) is 4. The number of nitrogens with zero attached hydrogens (tertiary/aromatic N) is 3. The molecule has 2 heterocycles. The number of hydrogen-bond donors (Lipinski definition) is 1. The highest BCUT2D eigenvalue weighted by Crippen LogP contribution is 2.16. The molecule has 130 valence electrons. The Morgan fingerprint density at radius 2 is 1.68 bits per heavy atom. The van der Waals surface area contributed by atoms with Crippen LogP contribution < -0.4 is 0 Å². The third-order valence-electron chi connectivity index (χ3n) is 4.38. The van der Waals surface area contributed by atoms with Crippen molar-refractivity contribution in [3.63, 3.8) is 0 Å². The molecular weight excluding hydrogens is 318 g/mol. The van der Waals surface area contributed by atoms with Crippen LogP contribution in [0.25, 0.3) is 0 Å². The van der Waals surface area contributed by atoms with Gasteiger partial charge in [-0.05, 0) is 24.6 Å². The molecule has 2 aromatic rings. The number of piperazine rings is 1. The highest BCUT2D eigenvalue weighted by molar-refractivity contribution is 5.95. The largest absolute Gasteiger partial charge is 0.505 e. The topological polar surface area (TPSA) is 73.7 Å². The number of carbonyl (C=O) groups excluding carboxylic acids is 2. The van der Waals surface area contributed by atoms with E-state index >= 15 is 0 Å². The average molecular weight is 339 g/mol. The zero-order valence-electron chi connectivity index (χ0n) is 14.2. The van der Waals surface area contributed by atoms with Crippen LogP contribution in [0.1, 0.15) is 21.6 Å². The number of benzene rings is 1. The Hall–Kier alpha value is -2.89. The van der Waals surface area contributed by atoms with E-state index in [1.807, 2.05) is 31.2 Å². The van der Waals surface area contributed by atoms with Crippen LogP contribution in [-0.2, 0) is 11.2 Å². The van der Waals surface area contributed by atoms with Gasteiger partial charge in [0.15, 0.2) is 5.69 Å². The van der Waals surface area contributed by atoms with Crippen LogP contribution in [0.3, 0.4) is 0 Å². The van der Waals surface area contributed by atoms with Crippen molar-refractivity contribution in [1.82, 2.24) is 14.8 Å². The fourth-order valence-electron chi connectivity index (χ4n) is 2.86. The quantitative estimate of drug-likeness (QED) is 0.922. The van der Waals surface area contributed by atoms with Crippen LogP contribution in [0.4, 0.5) is 0 Å². The fourth-order valence-corrected chi connectivity index (χ4v) is 2.86. The van der Waals surface area contributed by atoms with Gasteiger partial charge in [-0.3, -0.25) is 9.59 Å². The fraction of sp³-hybridized carbons (Fsp3) is 0.316. The molecule has 1 N–H and O–H groups in total. The summed E-state index contributed by atoms with van der Waals surface area (Å²) in [5, 5.41) is 9.76. The zero-order chi connectivity index (χ0) is 17.8. The van der Waals surface area contributed by atoms with E-state index in [0.717, 1.165) is 5.56 Å². The summed E-state index contributed by atoms with van der Waals surface area (Å²) in [6, 6.07) is 11.0. The summed E-state index contributed by atoms with van der Waals surface area (Å²) in [6.07, 6.45) is 1.85. The van der Waals surface area contributed by atoms with E-state index in [9.17, 15) is 14.7 Å². The van der Waals surface area contributed by atoms with Crippen molar-refractivity contribution >= 4 is 11.8 Å². The Bertz CT molecular complexity index is 766. The second kappa shape index (κ2) is 7.34. The van der Waals surface area contributed by atoms with Crippen LogP contribution in [0, 0.1) is 6.92 Å². The Balaban J connectivity index is 1.56. The predicted molar refractivity (Wildman–Crippen MR) is 93.3 cm³/mol. The molecule has 0 bridgehead atoms. The van der Waals surface area contributed by atoms with Gasteiger partial charge in [-0.15, -0.1) is 0 Å². The lowest BCUT2D eigenvalue weighted by Crippen LogP contribution is -2.51. The van der Waals surface area contributed by atoms with Gasteiger partial charge in [-0.25, -0.2) is 4.98 Å². The van der Waals surface area contributed by atoms with E-state index in [4.69, 9.17) is 0 Å². The predicted octanol–water partition coefficient (Wildman–Crippen LogP) is 1.62. The average Bonchev–Trinajstić information content (AvgIpc) is 2.63. The molecule has 0 atom stereocenters. The second-order valence-corrected chi connectivity index (χ2v) is 6.21. The summed E-state index contributed by atoms with van der Waals surface area (Å²) in [5.74, 6) is -0.356. The number of carbonyl (C=O) groups is 2. The molecule has 0 saturated carbocycles. The number of aromatic nitrogens is 1. The molecule has 0 radical (unpaired) electrons. The van der Waals surface area contributed by atoms with Gasteiger partial charge in [-0.2, -0.15) is 0 Å². The monoisotopic (exact) mass is 339 g/mol. The van der Waals surface area contributed by atoms with Crippen LogP contribution in [0.2, 0.25) is 0 Å². The number of amides is 2. The molecule has 1 aliphatic rings. The van der Waals surface area contributed by atoms with Gasteiger partial charge in [0.05, 0.1) is 6.42 Å². The SMILES string of the molecule is Cc1ccc(CC(=O)N2CCN(C(=O)c3ncccc3O)CC2)cc1. The number of pyridine rings is 1. The van der Waals surface area contributed by atoms with Crippen molar-refractivity contribution in [2.45, 2.75) is 13.3 Å². The maximum atomic E-state index is 12.4. The molecule has 0 spiro atoms. The first-order valence-corrected chi connectivity index (χ1v) is 8.31. The number of rotatable bonds is 3. The van der Waals surface area contributed by atoms with Gasteiger partial charge >= 0.3 is 0 Å². The number of aryl methyl sites for hydroxylation is 1. The van der Waals surface area contributed by atoms with Gasteiger partial charge in [0.25, 0.3) is 5.91 Å². The summed E-state index contributed by atoms with van der Waals surface area (Å²) in [6.45, 7) is 3.87. The summed E-state index contributed by atoms with van der Waals surface area (Å²) < 4.78 is 0. The minimum absolute atomic E-state index is 0.0573. The van der Waals surface area contributed by atoms with E-state index in [2.05, 4.69) is 4.98 Å². The smallest absolute Gasteiger partial charge is 0.276 e. The van der Waals surface area contributed by atoms with Gasteiger partial charge in [-0.1, -0.05) is 29.8 Å². The van der Waals surface area contributed by atoms with Crippen LogP contribution >= 0.6 is 0 Å². The van der Waals surface area contributed by atoms with E-state index in [1.54, 1.807) is 15.9 Å². The van der Waals surface area contributed by atoms with Crippen LogP contribution in [0.5, 0.6) is 5.75 Å². The van der Waals surface area contributed by atoms with Gasteiger partial charge in [0, 0.05) is 32.4 Å². The van der Waals surface area contributed by atoms with Crippen molar-refractivity contribution in [3.8, 4) is 5.75 Å². The number of aromatic hydroxyl groups is 1. The normalized spacial score (nSPS) is 14.4. The minimum atomic E-state index is -0.302.